The highest BCUT2D eigenvalue weighted by Crippen LogP contribution is 2.44. The van der Waals surface area contributed by atoms with Gasteiger partial charge >= 0.3 is 0 Å². The number of ketones is 1. The molecule has 0 N–H and O–H groups in total. The van der Waals surface area contributed by atoms with Crippen LogP contribution >= 0.6 is 23.2 Å². The highest BCUT2D eigenvalue weighted by molar-refractivity contribution is 7.96. The summed E-state index contributed by atoms with van der Waals surface area (Å²) in [5.74, 6) is -0.442. The molecule has 1 unspecified atom stereocenters. The molecule has 1 atom stereocenters. The van der Waals surface area contributed by atoms with E-state index in [1.54, 1.807) is 6.07 Å². The molecule has 0 aromatic heterocycles. The Hall–Kier alpha value is -1.20. The first-order valence-corrected chi connectivity index (χ1v) is 9.85. The van der Waals surface area contributed by atoms with Crippen molar-refractivity contribution in [3.8, 4) is 0 Å². The maximum atomic E-state index is 12.7. The topological polar surface area (TPSA) is 57.2 Å². The van der Waals surface area contributed by atoms with Crippen LogP contribution in [0.5, 0.6) is 0 Å². The van der Waals surface area contributed by atoms with Gasteiger partial charge in [-0.2, -0.15) is 0 Å². The molecule has 0 fully saturated rings. The number of alkyl halides is 2. The minimum atomic E-state index is -3.56. The van der Waals surface area contributed by atoms with Crippen molar-refractivity contribution >= 4 is 39.2 Å². The molecule has 3 rings (SSSR count). The molecule has 0 saturated heterocycles. The second kappa shape index (κ2) is 5.95. The predicted molar refractivity (Wildman–Crippen MR) is 95.3 cm³/mol. The van der Waals surface area contributed by atoms with Crippen LogP contribution in [0.4, 0.5) is 0 Å². The minimum absolute atomic E-state index is 0.113. The van der Waals surface area contributed by atoms with Gasteiger partial charge in [-0.15, -0.1) is 4.21 Å². The molecule has 2 aromatic carbocycles. The van der Waals surface area contributed by atoms with Crippen molar-refractivity contribution in [2.75, 3.05) is 0 Å². The summed E-state index contributed by atoms with van der Waals surface area (Å²) in [6.07, 6.45) is 0.125. The number of hydrogen-bond acceptors (Lipinski definition) is 3. The number of halogens is 2. The number of fused-ring (bicyclic) bond motifs is 1. The Morgan fingerprint density at radius 2 is 1.83 bits per heavy atom. The van der Waals surface area contributed by atoms with Crippen LogP contribution in [-0.2, 0) is 35.7 Å². The summed E-state index contributed by atoms with van der Waals surface area (Å²) in [7, 11) is -3.56. The summed E-state index contributed by atoms with van der Waals surface area (Å²) in [6.45, 7) is 3.92. The van der Waals surface area contributed by atoms with Crippen molar-refractivity contribution in [3.05, 3.63) is 64.2 Å². The predicted octanol–water partition coefficient (Wildman–Crippen LogP) is 4.25. The first-order valence-electron chi connectivity index (χ1n) is 7.44. The lowest BCUT2D eigenvalue weighted by Crippen LogP contribution is -2.18. The van der Waals surface area contributed by atoms with E-state index in [2.05, 4.69) is 0 Å². The molecule has 3 nitrogen and oxygen atoms in total. The smallest absolute Gasteiger partial charge is 0.201 e. The van der Waals surface area contributed by atoms with E-state index < -0.39 is 14.5 Å². The minimum Gasteiger partial charge on any atom is -0.610 e. The van der Waals surface area contributed by atoms with Gasteiger partial charge in [0.25, 0.3) is 0 Å². The second-order valence-electron chi connectivity index (χ2n) is 6.17. The number of carbonyl (C=O) groups excluding carboxylic acids is 1. The monoisotopic (exact) mass is 382 g/mol. The molecular weight excluding hydrogens is 367 g/mol. The number of rotatable bonds is 3. The van der Waals surface area contributed by atoms with E-state index in [0.29, 0.717) is 11.1 Å². The quantitative estimate of drug-likeness (QED) is 0.588. The molecule has 1 aliphatic rings. The van der Waals surface area contributed by atoms with E-state index in [-0.39, 0.29) is 22.9 Å². The fraction of sp³-hybridized carbons (Fsp3) is 0.278. The number of sulfone groups is 1. The van der Waals surface area contributed by atoms with Gasteiger partial charge < -0.3 is 4.55 Å². The van der Waals surface area contributed by atoms with E-state index in [0.717, 1.165) is 16.7 Å². The Morgan fingerprint density at radius 3 is 2.50 bits per heavy atom. The van der Waals surface area contributed by atoms with Gasteiger partial charge in [-0.1, -0.05) is 47.5 Å². The van der Waals surface area contributed by atoms with Gasteiger partial charge in [0.2, 0.25) is 4.33 Å². The van der Waals surface area contributed by atoms with Gasteiger partial charge in [-0.25, -0.2) is 0 Å². The summed E-state index contributed by atoms with van der Waals surface area (Å²) in [4.78, 5) is 12.0. The fourth-order valence-corrected chi connectivity index (χ4v) is 4.67. The molecule has 0 bridgehead atoms. The van der Waals surface area contributed by atoms with Crippen LogP contribution < -0.4 is 0 Å². The Bertz CT molecular complexity index is 890. The number of aryl methyl sites for hydroxylation is 2. The van der Waals surface area contributed by atoms with Gasteiger partial charge in [0, 0.05) is 17.5 Å². The molecule has 0 heterocycles. The molecule has 24 heavy (non-hydrogen) atoms. The third-order valence-corrected chi connectivity index (χ3v) is 6.92. The number of carbonyl (C=O) groups is 1. The number of benzene rings is 2. The fourth-order valence-electron chi connectivity index (χ4n) is 2.83. The zero-order valence-corrected chi connectivity index (χ0v) is 15.6. The maximum Gasteiger partial charge on any atom is 0.201 e. The molecule has 2 aromatic rings. The normalized spacial score (nSPS) is 18.3. The average molecular weight is 383 g/mol. The van der Waals surface area contributed by atoms with Crippen molar-refractivity contribution in [1.82, 2.24) is 0 Å². The van der Waals surface area contributed by atoms with Crippen LogP contribution in [0, 0.1) is 13.8 Å². The lowest BCUT2D eigenvalue weighted by molar-refractivity contribution is -0.118. The van der Waals surface area contributed by atoms with Crippen LogP contribution in [0.1, 0.15) is 27.8 Å². The number of Topliss-reactive ketones (excluding diaryl/α,β-unsaturated/α-hetero) is 1. The summed E-state index contributed by atoms with van der Waals surface area (Å²) in [6, 6.07) is 10.1. The Morgan fingerprint density at radius 1 is 1.12 bits per heavy atom. The Kier molecular flexibility index (Phi) is 4.37. The van der Waals surface area contributed by atoms with E-state index in [9.17, 15) is 13.6 Å². The zero-order chi connectivity index (χ0) is 17.7. The standard InChI is InChI=1S/C18H16Cl2O3S/c1-11-3-4-13(7-12(11)2)10-24(22,23)15-6-5-14-8-17(21)18(19,20)16(14)9-15/h3-7,9H,8,10H2,1-2H3. The summed E-state index contributed by atoms with van der Waals surface area (Å²) in [5.41, 5.74) is 3.92. The van der Waals surface area contributed by atoms with Crippen molar-refractivity contribution in [1.29, 1.82) is 0 Å². The van der Waals surface area contributed by atoms with Crippen molar-refractivity contribution in [2.45, 2.75) is 35.2 Å². The summed E-state index contributed by atoms with van der Waals surface area (Å²) < 4.78 is 23.8. The summed E-state index contributed by atoms with van der Waals surface area (Å²) >= 11 is 12.2. The second-order valence-corrected chi connectivity index (χ2v) is 9.49. The highest BCUT2D eigenvalue weighted by atomic mass is 35.5. The first kappa shape index (κ1) is 17.6. The van der Waals surface area contributed by atoms with E-state index in [1.165, 1.54) is 12.1 Å². The van der Waals surface area contributed by atoms with Crippen LogP contribution in [-0.4, -0.2) is 10.3 Å². The average Bonchev–Trinajstić information content (AvgIpc) is 2.72. The highest BCUT2D eigenvalue weighted by Gasteiger charge is 2.44. The van der Waals surface area contributed by atoms with E-state index in [1.807, 2.05) is 32.0 Å². The molecular formula is C18H16Cl2O3S. The zero-order valence-electron chi connectivity index (χ0n) is 13.3. The van der Waals surface area contributed by atoms with Crippen LogP contribution in [0.15, 0.2) is 41.3 Å². The van der Waals surface area contributed by atoms with Crippen molar-refractivity contribution in [3.63, 3.8) is 0 Å². The van der Waals surface area contributed by atoms with Gasteiger partial charge in [-0.05, 0) is 42.7 Å². The molecule has 0 spiro atoms. The lowest BCUT2D eigenvalue weighted by Gasteiger charge is -2.18. The van der Waals surface area contributed by atoms with Crippen LogP contribution in [0.25, 0.3) is 0 Å². The molecule has 0 amide bonds. The van der Waals surface area contributed by atoms with Gasteiger partial charge in [0.1, 0.15) is 5.75 Å². The third kappa shape index (κ3) is 3.04. The van der Waals surface area contributed by atoms with E-state index >= 15 is 0 Å². The molecule has 1 aliphatic carbocycles. The Balaban J connectivity index is 1.96. The van der Waals surface area contributed by atoms with Gasteiger partial charge in [0.05, 0.1) is 10.2 Å². The molecule has 0 aliphatic heterocycles. The largest absolute Gasteiger partial charge is 0.610 e. The lowest BCUT2D eigenvalue weighted by atomic mass is 10.1. The van der Waals surface area contributed by atoms with Gasteiger partial charge in [-0.3, -0.25) is 4.79 Å². The van der Waals surface area contributed by atoms with Crippen molar-refractivity contribution < 1.29 is 13.6 Å². The van der Waals surface area contributed by atoms with E-state index in [4.69, 9.17) is 23.2 Å². The van der Waals surface area contributed by atoms with Crippen LogP contribution in [0.2, 0.25) is 0 Å². The molecule has 6 heteroatoms. The Labute approximate surface area is 152 Å². The number of hydrogen-bond donors (Lipinski definition) is 0. The SMILES string of the molecule is Cc1ccc(C[S+](=O)([O-])c2ccc3c(c2)C(Cl)(Cl)C(=O)C3)cc1C. The molecule has 0 saturated carbocycles. The van der Waals surface area contributed by atoms with Crippen molar-refractivity contribution in [2.24, 2.45) is 0 Å². The summed E-state index contributed by atoms with van der Waals surface area (Å²) in [5, 5.41) is 0. The van der Waals surface area contributed by atoms with Gasteiger partial charge in [0.15, 0.2) is 10.7 Å². The van der Waals surface area contributed by atoms with Crippen LogP contribution in [0.3, 0.4) is 0 Å². The molecule has 126 valence electrons. The molecule has 0 radical (unpaired) electrons. The first-order chi connectivity index (χ1) is 11.1. The third-order valence-electron chi connectivity index (χ3n) is 4.41. The maximum absolute atomic E-state index is 12.7.